The van der Waals surface area contributed by atoms with Gasteiger partial charge in [0, 0.05) is 0 Å². The first kappa shape index (κ1) is 25.7. The van der Waals surface area contributed by atoms with Gasteiger partial charge in [0.1, 0.15) is 0 Å². The lowest BCUT2D eigenvalue weighted by molar-refractivity contribution is 0.558. The van der Waals surface area contributed by atoms with E-state index in [1.165, 1.54) is 116 Å². The first-order valence-corrected chi connectivity index (χ1v) is 11.0. The van der Waals surface area contributed by atoms with Gasteiger partial charge in [0.2, 0.25) is 0 Å². The van der Waals surface area contributed by atoms with E-state index in [1.54, 1.807) is 0 Å². The Morgan fingerprint density at radius 3 is 0.917 bits per heavy atom. The molecule has 0 bridgehead atoms. The van der Waals surface area contributed by atoms with E-state index in [2.05, 4.69) is 27.0 Å². The van der Waals surface area contributed by atoms with Crippen molar-refractivity contribution in [2.24, 2.45) is 0 Å². The summed E-state index contributed by atoms with van der Waals surface area (Å²) < 4.78 is 0. The molecule has 0 aromatic rings. The molecule has 144 valence electrons. The van der Waals surface area contributed by atoms with E-state index in [0.29, 0.717) is 0 Å². The Balaban J connectivity index is 0. The van der Waals surface area contributed by atoms with Crippen LogP contribution in [0.5, 0.6) is 0 Å². The molecule has 0 rings (SSSR count). The summed E-state index contributed by atoms with van der Waals surface area (Å²) in [5.41, 5.74) is 0. The molecule has 0 nitrogen and oxygen atoms in total. The zero-order valence-electron chi connectivity index (χ0n) is 17.3. The third kappa shape index (κ3) is 29.5. The zero-order valence-corrected chi connectivity index (χ0v) is 17.3. The highest BCUT2D eigenvalue weighted by Gasteiger charge is 1.91. The molecule has 24 heavy (non-hydrogen) atoms. The number of allylic oxidation sites excluding steroid dienone is 2. The van der Waals surface area contributed by atoms with E-state index in [4.69, 9.17) is 0 Å². The Labute approximate surface area is 155 Å². The lowest BCUT2D eigenvalue weighted by Crippen LogP contribution is -1.81. The van der Waals surface area contributed by atoms with Crippen molar-refractivity contribution in [3.8, 4) is 0 Å². The fraction of sp³-hybridized carbons (Fsp3) is 0.833. The van der Waals surface area contributed by atoms with Crippen molar-refractivity contribution < 1.29 is 0 Å². The van der Waals surface area contributed by atoms with E-state index in [-0.39, 0.29) is 0 Å². The Morgan fingerprint density at radius 1 is 0.417 bits per heavy atom. The molecule has 0 N–H and O–H groups in total. The molecule has 0 heterocycles. The Bertz CT molecular complexity index is 216. The summed E-state index contributed by atoms with van der Waals surface area (Å²) in [6.07, 6.45) is 29.0. The van der Waals surface area contributed by atoms with Crippen LogP contribution in [0.25, 0.3) is 0 Å². The molecule has 0 aliphatic carbocycles. The van der Waals surface area contributed by atoms with E-state index in [9.17, 15) is 0 Å². The van der Waals surface area contributed by atoms with Crippen molar-refractivity contribution in [2.45, 2.75) is 129 Å². The average molecular weight is 337 g/mol. The normalized spacial score (nSPS) is 10.1. The largest absolute Gasteiger partial charge is 0.103 e. The topological polar surface area (TPSA) is 0 Å². The smallest absolute Gasteiger partial charge is 0.0353 e. The molecule has 0 saturated heterocycles. The second-order valence-electron chi connectivity index (χ2n) is 7.10. The molecule has 0 spiro atoms. The molecule has 0 unspecified atom stereocenters. The first-order chi connectivity index (χ1) is 11.8. The SMILES string of the molecule is C=CCCCCCCCC.C=CCCCCCCCCCCCC. The van der Waals surface area contributed by atoms with Crippen LogP contribution in [0.4, 0.5) is 0 Å². The Hall–Kier alpha value is -0.520. The summed E-state index contributed by atoms with van der Waals surface area (Å²) in [5.74, 6) is 0. The number of hydrogen-bond acceptors (Lipinski definition) is 0. The van der Waals surface area contributed by atoms with Crippen LogP contribution in [-0.4, -0.2) is 0 Å². The molecule has 0 heteroatoms. The van der Waals surface area contributed by atoms with Crippen molar-refractivity contribution in [3.05, 3.63) is 25.3 Å². The van der Waals surface area contributed by atoms with Gasteiger partial charge in [0.25, 0.3) is 0 Å². The maximum absolute atomic E-state index is 3.74. The molecule has 0 fully saturated rings. The molecule has 0 aromatic heterocycles. The van der Waals surface area contributed by atoms with Gasteiger partial charge >= 0.3 is 0 Å². The molecular formula is C24H48. The molecule has 0 radical (unpaired) electrons. The van der Waals surface area contributed by atoms with Crippen LogP contribution in [0.3, 0.4) is 0 Å². The molecule has 0 atom stereocenters. The van der Waals surface area contributed by atoms with Crippen molar-refractivity contribution in [2.75, 3.05) is 0 Å². The van der Waals surface area contributed by atoms with Gasteiger partial charge in [0.15, 0.2) is 0 Å². The zero-order chi connectivity index (χ0) is 18.1. The number of rotatable bonds is 18. The number of hydrogen-bond donors (Lipinski definition) is 0. The van der Waals surface area contributed by atoms with E-state index in [0.717, 1.165) is 0 Å². The minimum atomic E-state index is 1.20. The predicted octanol–water partition coefficient (Wildman–Crippen LogP) is 9.41. The van der Waals surface area contributed by atoms with Crippen LogP contribution in [0, 0.1) is 0 Å². The summed E-state index contributed by atoms with van der Waals surface area (Å²) in [4.78, 5) is 0. The Morgan fingerprint density at radius 2 is 0.667 bits per heavy atom. The maximum atomic E-state index is 3.74. The van der Waals surface area contributed by atoms with Crippen LogP contribution in [0.2, 0.25) is 0 Å². The summed E-state index contributed by atoms with van der Waals surface area (Å²) in [6, 6.07) is 0. The minimum absolute atomic E-state index is 1.20. The maximum Gasteiger partial charge on any atom is -0.0353 e. The molecular weight excluding hydrogens is 288 g/mol. The number of unbranched alkanes of at least 4 members (excludes halogenated alkanes) is 16. The van der Waals surface area contributed by atoms with E-state index >= 15 is 0 Å². The molecule has 0 aromatic carbocycles. The lowest BCUT2D eigenvalue weighted by atomic mass is 10.1. The van der Waals surface area contributed by atoms with E-state index < -0.39 is 0 Å². The van der Waals surface area contributed by atoms with Crippen LogP contribution >= 0.6 is 0 Å². The van der Waals surface area contributed by atoms with Gasteiger partial charge in [-0.2, -0.15) is 0 Å². The molecule has 0 aliphatic heterocycles. The molecule has 0 amide bonds. The van der Waals surface area contributed by atoms with Gasteiger partial charge < -0.3 is 0 Å². The summed E-state index contributed by atoms with van der Waals surface area (Å²) >= 11 is 0. The summed E-state index contributed by atoms with van der Waals surface area (Å²) in [5, 5.41) is 0. The lowest BCUT2D eigenvalue weighted by Gasteiger charge is -2.00. The second-order valence-corrected chi connectivity index (χ2v) is 7.10. The van der Waals surface area contributed by atoms with Crippen molar-refractivity contribution in [1.82, 2.24) is 0 Å². The summed E-state index contributed by atoms with van der Waals surface area (Å²) in [7, 11) is 0. The molecule has 0 aliphatic rings. The standard InChI is InChI=1S/C14H28.C10H20/c1-3-5-7-9-11-13-14-12-10-8-6-4-2;1-3-5-7-9-10-8-6-4-2/h3H,1,4-14H2,2H3;3H,1,4-10H2,2H3. The van der Waals surface area contributed by atoms with Gasteiger partial charge in [0.05, 0.1) is 0 Å². The van der Waals surface area contributed by atoms with Crippen LogP contribution in [-0.2, 0) is 0 Å². The second kappa shape index (κ2) is 27.3. The van der Waals surface area contributed by atoms with Crippen LogP contribution in [0.1, 0.15) is 129 Å². The monoisotopic (exact) mass is 336 g/mol. The van der Waals surface area contributed by atoms with Gasteiger partial charge in [-0.15, -0.1) is 13.2 Å². The average Bonchev–Trinajstić information content (AvgIpc) is 2.60. The Kier molecular flexibility index (Phi) is 29.3. The highest BCUT2D eigenvalue weighted by atomic mass is 14.0. The van der Waals surface area contributed by atoms with Crippen molar-refractivity contribution in [3.63, 3.8) is 0 Å². The van der Waals surface area contributed by atoms with Gasteiger partial charge in [-0.25, -0.2) is 0 Å². The van der Waals surface area contributed by atoms with Gasteiger partial charge in [-0.3, -0.25) is 0 Å². The predicted molar refractivity (Wildman–Crippen MR) is 115 cm³/mol. The minimum Gasteiger partial charge on any atom is -0.103 e. The third-order valence-corrected chi connectivity index (χ3v) is 4.52. The fourth-order valence-electron chi connectivity index (χ4n) is 2.85. The highest BCUT2D eigenvalue weighted by Crippen LogP contribution is 2.11. The summed E-state index contributed by atoms with van der Waals surface area (Å²) in [6.45, 7) is 12.0. The first-order valence-electron chi connectivity index (χ1n) is 11.0. The van der Waals surface area contributed by atoms with Crippen LogP contribution < -0.4 is 0 Å². The molecule has 0 saturated carbocycles. The third-order valence-electron chi connectivity index (χ3n) is 4.52. The van der Waals surface area contributed by atoms with Crippen molar-refractivity contribution in [1.29, 1.82) is 0 Å². The quantitative estimate of drug-likeness (QED) is 0.173. The van der Waals surface area contributed by atoms with Gasteiger partial charge in [-0.1, -0.05) is 116 Å². The highest BCUT2D eigenvalue weighted by molar-refractivity contribution is 4.65. The van der Waals surface area contributed by atoms with Crippen molar-refractivity contribution >= 4 is 0 Å². The van der Waals surface area contributed by atoms with E-state index in [1.807, 2.05) is 12.2 Å². The fourth-order valence-corrected chi connectivity index (χ4v) is 2.85. The van der Waals surface area contributed by atoms with Crippen LogP contribution in [0.15, 0.2) is 25.3 Å². The van der Waals surface area contributed by atoms with Gasteiger partial charge in [-0.05, 0) is 25.7 Å².